The Morgan fingerprint density at radius 1 is 1.18 bits per heavy atom. The third-order valence-corrected chi connectivity index (χ3v) is 2.26. The second-order valence-electron chi connectivity index (χ2n) is 3.48. The fourth-order valence-electron chi connectivity index (χ4n) is 1.41. The number of aryl methyl sites for hydroxylation is 1. The Bertz CT molecular complexity index is 524. The van der Waals surface area contributed by atoms with Gasteiger partial charge in [-0.2, -0.15) is 0 Å². The van der Waals surface area contributed by atoms with Crippen LogP contribution in [-0.2, 0) is 0 Å². The summed E-state index contributed by atoms with van der Waals surface area (Å²) in [5.74, 6) is 1.26. The number of nitrogens with zero attached hydrogens (tertiary/aromatic N) is 2. The van der Waals surface area contributed by atoms with Crippen molar-refractivity contribution >= 4 is 6.21 Å². The van der Waals surface area contributed by atoms with E-state index in [-0.39, 0.29) is 0 Å². The zero-order valence-electron chi connectivity index (χ0n) is 9.37. The van der Waals surface area contributed by atoms with Crippen LogP contribution >= 0.6 is 0 Å². The monoisotopic (exact) mass is 228 g/mol. The highest BCUT2D eigenvalue weighted by atomic mass is 16.5. The van der Waals surface area contributed by atoms with Gasteiger partial charge in [-0.05, 0) is 25.1 Å². The molecule has 1 heterocycles. The van der Waals surface area contributed by atoms with Crippen molar-refractivity contribution in [3.05, 3.63) is 53.7 Å². The van der Waals surface area contributed by atoms with E-state index in [1.54, 1.807) is 12.1 Å². The third kappa shape index (κ3) is 2.81. The molecule has 0 aliphatic rings. The summed E-state index contributed by atoms with van der Waals surface area (Å²) < 4.78 is 5.57. The van der Waals surface area contributed by atoms with Crippen LogP contribution in [0.1, 0.15) is 11.3 Å². The molecule has 0 spiro atoms. The molecule has 1 N–H and O–H groups in total. The van der Waals surface area contributed by atoms with Gasteiger partial charge in [-0.25, -0.2) is 4.98 Å². The van der Waals surface area contributed by atoms with E-state index in [0.717, 1.165) is 17.0 Å². The van der Waals surface area contributed by atoms with E-state index in [1.807, 2.05) is 37.3 Å². The number of oxime groups is 1. The molecule has 1 aromatic carbocycles. The number of para-hydroxylation sites is 1. The number of hydrogen-bond donors (Lipinski definition) is 1. The van der Waals surface area contributed by atoms with Crippen LogP contribution in [0.2, 0.25) is 0 Å². The van der Waals surface area contributed by atoms with Crippen molar-refractivity contribution in [3.63, 3.8) is 0 Å². The van der Waals surface area contributed by atoms with Crippen molar-refractivity contribution in [2.24, 2.45) is 5.16 Å². The number of ether oxygens (including phenoxy) is 1. The first-order valence-corrected chi connectivity index (χ1v) is 5.17. The molecule has 4 heteroatoms. The van der Waals surface area contributed by atoms with E-state index in [1.165, 1.54) is 6.21 Å². The van der Waals surface area contributed by atoms with E-state index in [0.29, 0.717) is 5.88 Å². The highest BCUT2D eigenvalue weighted by Gasteiger charge is 2.02. The zero-order chi connectivity index (χ0) is 12.1. The second-order valence-corrected chi connectivity index (χ2v) is 3.48. The molecule has 0 bridgehead atoms. The zero-order valence-corrected chi connectivity index (χ0v) is 9.37. The average molecular weight is 228 g/mol. The van der Waals surface area contributed by atoms with E-state index in [4.69, 9.17) is 9.94 Å². The summed E-state index contributed by atoms with van der Waals surface area (Å²) in [4.78, 5) is 4.26. The molecule has 2 rings (SSSR count). The minimum absolute atomic E-state index is 0.517. The van der Waals surface area contributed by atoms with Gasteiger partial charge in [0.25, 0.3) is 0 Å². The lowest BCUT2D eigenvalue weighted by Crippen LogP contribution is -1.94. The van der Waals surface area contributed by atoms with Crippen molar-refractivity contribution in [1.29, 1.82) is 0 Å². The summed E-state index contributed by atoms with van der Waals surface area (Å²) >= 11 is 0. The van der Waals surface area contributed by atoms with Crippen molar-refractivity contribution in [1.82, 2.24) is 4.98 Å². The maximum atomic E-state index is 8.46. The number of aromatic nitrogens is 1. The molecular weight excluding hydrogens is 216 g/mol. The molecule has 17 heavy (non-hydrogen) atoms. The maximum Gasteiger partial charge on any atom is 0.219 e. The molecule has 0 aliphatic carbocycles. The van der Waals surface area contributed by atoms with E-state index in [2.05, 4.69) is 10.1 Å². The number of benzene rings is 1. The Labute approximate surface area is 99.2 Å². The van der Waals surface area contributed by atoms with Crippen molar-refractivity contribution in [3.8, 4) is 11.6 Å². The molecule has 4 nitrogen and oxygen atoms in total. The maximum absolute atomic E-state index is 8.46. The van der Waals surface area contributed by atoms with Crippen molar-refractivity contribution < 1.29 is 9.94 Å². The molecule has 0 aliphatic heterocycles. The molecule has 0 saturated carbocycles. The summed E-state index contributed by atoms with van der Waals surface area (Å²) in [5, 5.41) is 11.4. The van der Waals surface area contributed by atoms with Gasteiger partial charge in [0.05, 0.1) is 11.9 Å². The van der Waals surface area contributed by atoms with Gasteiger partial charge < -0.3 is 9.94 Å². The minimum Gasteiger partial charge on any atom is -0.439 e. The van der Waals surface area contributed by atoms with E-state index in [9.17, 15) is 0 Å². The summed E-state index contributed by atoms with van der Waals surface area (Å²) in [6, 6.07) is 13.0. The van der Waals surface area contributed by atoms with Crippen LogP contribution in [0.4, 0.5) is 0 Å². The van der Waals surface area contributed by atoms with Gasteiger partial charge in [-0.1, -0.05) is 23.4 Å². The van der Waals surface area contributed by atoms with Gasteiger partial charge in [-0.3, -0.25) is 0 Å². The summed E-state index contributed by atoms with van der Waals surface area (Å²) in [7, 11) is 0. The molecule has 1 aromatic heterocycles. The normalized spacial score (nSPS) is 10.6. The molecule has 0 saturated heterocycles. The first-order chi connectivity index (χ1) is 8.29. The van der Waals surface area contributed by atoms with Gasteiger partial charge in [0, 0.05) is 11.6 Å². The summed E-state index contributed by atoms with van der Waals surface area (Å²) in [6.45, 7) is 1.83. The predicted molar refractivity (Wildman–Crippen MR) is 64.9 cm³/mol. The number of rotatable bonds is 3. The van der Waals surface area contributed by atoms with E-state index < -0.39 is 0 Å². The Hall–Kier alpha value is -2.36. The summed E-state index contributed by atoms with van der Waals surface area (Å²) in [6.07, 6.45) is 1.34. The smallest absolute Gasteiger partial charge is 0.219 e. The van der Waals surface area contributed by atoms with Crippen LogP contribution < -0.4 is 4.74 Å². The van der Waals surface area contributed by atoms with Gasteiger partial charge in [-0.15, -0.1) is 0 Å². The molecule has 2 aromatic rings. The predicted octanol–water partition coefficient (Wildman–Crippen LogP) is 2.99. The van der Waals surface area contributed by atoms with Gasteiger partial charge in [0.2, 0.25) is 5.88 Å². The Morgan fingerprint density at radius 3 is 2.59 bits per heavy atom. The lowest BCUT2D eigenvalue weighted by Gasteiger charge is -2.06. The lowest BCUT2D eigenvalue weighted by molar-refractivity contribution is 0.322. The standard InChI is InChI=1S/C13H12N2O2/c1-10-11(9-14-16)7-8-13(15-10)17-12-5-3-2-4-6-12/h2-9,16H,1H3/b14-9-. The van der Waals surface area contributed by atoms with Crippen LogP contribution in [0.3, 0.4) is 0 Å². The molecule has 0 amide bonds. The van der Waals surface area contributed by atoms with Crippen LogP contribution in [0.25, 0.3) is 0 Å². The van der Waals surface area contributed by atoms with Crippen molar-refractivity contribution in [2.75, 3.05) is 0 Å². The average Bonchev–Trinajstić information content (AvgIpc) is 2.34. The van der Waals surface area contributed by atoms with Gasteiger partial charge in [0.1, 0.15) is 5.75 Å². The minimum atomic E-state index is 0.517. The van der Waals surface area contributed by atoms with Crippen LogP contribution in [0.5, 0.6) is 11.6 Å². The Balaban J connectivity index is 2.21. The largest absolute Gasteiger partial charge is 0.439 e. The van der Waals surface area contributed by atoms with E-state index >= 15 is 0 Å². The fraction of sp³-hybridized carbons (Fsp3) is 0.0769. The Morgan fingerprint density at radius 2 is 1.94 bits per heavy atom. The number of pyridine rings is 1. The second kappa shape index (κ2) is 5.12. The number of hydrogen-bond acceptors (Lipinski definition) is 4. The molecule has 86 valence electrons. The molecular formula is C13H12N2O2. The van der Waals surface area contributed by atoms with Crippen molar-refractivity contribution in [2.45, 2.75) is 6.92 Å². The van der Waals surface area contributed by atoms with Crippen LogP contribution in [0, 0.1) is 6.92 Å². The van der Waals surface area contributed by atoms with Crippen LogP contribution in [0.15, 0.2) is 47.6 Å². The lowest BCUT2D eigenvalue weighted by atomic mass is 10.2. The highest BCUT2D eigenvalue weighted by Crippen LogP contribution is 2.19. The quantitative estimate of drug-likeness (QED) is 0.499. The molecule has 0 radical (unpaired) electrons. The van der Waals surface area contributed by atoms with Gasteiger partial charge >= 0.3 is 0 Å². The molecule has 0 unspecified atom stereocenters. The SMILES string of the molecule is Cc1nc(Oc2ccccc2)ccc1/C=N\O. The fourth-order valence-corrected chi connectivity index (χ4v) is 1.41. The third-order valence-electron chi connectivity index (χ3n) is 2.26. The van der Waals surface area contributed by atoms with Crippen LogP contribution in [-0.4, -0.2) is 16.4 Å². The Kier molecular flexibility index (Phi) is 3.35. The molecule has 0 fully saturated rings. The van der Waals surface area contributed by atoms with Gasteiger partial charge in [0.15, 0.2) is 0 Å². The highest BCUT2D eigenvalue weighted by molar-refractivity contribution is 5.80. The topological polar surface area (TPSA) is 54.7 Å². The first-order valence-electron chi connectivity index (χ1n) is 5.17. The first kappa shape index (κ1) is 11.1. The summed E-state index contributed by atoms with van der Waals surface area (Å²) in [5.41, 5.74) is 1.50. The molecule has 0 atom stereocenters.